The number of hydrogen-bond acceptors (Lipinski definition) is 1. The molecule has 1 aromatic rings. The maximum absolute atomic E-state index is 13.3. The van der Waals surface area contributed by atoms with Crippen LogP contribution in [0.15, 0.2) is 22.7 Å². The van der Waals surface area contributed by atoms with Gasteiger partial charge in [-0.1, -0.05) is 42.6 Å². The summed E-state index contributed by atoms with van der Waals surface area (Å²) in [4.78, 5) is 0. The summed E-state index contributed by atoms with van der Waals surface area (Å²) in [6.45, 7) is 4.22. The second kappa shape index (κ2) is 4.93. The zero-order valence-electron chi connectivity index (χ0n) is 11.0. The van der Waals surface area contributed by atoms with Gasteiger partial charge in [0.25, 0.3) is 0 Å². The largest absolute Gasteiger partial charge is 0.389 e. The van der Waals surface area contributed by atoms with E-state index in [1.165, 1.54) is 18.6 Å². The van der Waals surface area contributed by atoms with Gasteiger partial charge in [0.05, 0.1) is 5.60 Å². The Morgan fingerprint density at radius 1 is 1.28 bits per heavy atom. The van der Waals surface area contributed by atoms with E-state index in [0.29, 0.717) is 6.42 Å². The van der Waals surface area contributed by atoms with Crippen molar-refractivity contribution in [3.63, 3.8) is 0 Å². The molecule has 0 bridgehead atoms. The third-order valence-electron chi connectivity index (χ3n) is 4.39. The van der Waals surface area contributed by atoms with Crippen LogP contribution >= 0.6 is 15.9 Å². The average Bonchev–Trinajstić information content (AvgIpc) is 2.28. The van der Waals surface area contributed by atoms with Crippen LogP contribution < -0.4 is 0 Å². The molecule has 0 heterocycles. The molecule has 3 heteroatoms. The van der Waals surface area contributed by atoms with Gasteiger partial charge in [0, 0.05) is 10.9 Å². The molecule has 0 aromatic heterocycles. The maximum atomic E-state index is 13.3. The lowest BCUT2D eigenvalue weighted by Gasteiger charge is -2.47. The van der Waals surface area contributed by atoms with Gasteiger partial charge in [-0.05, 0) is 42.0 Å². The van der Waals surface area contributed by atoms with Crippen molar-refractivity contribution < 1.29 is 9.50 Å². The third kappa shape index (κ3) is 2.62. The maximum Gasteiger partial charge on any atom is 0.123 e. The first-order valence-corrected chi connectivity index (χ1v) is 7.30. The van der Waals surface area contributed by atoms with E-state index in [2.05, 4.69) is 29.8 Å². The first kappa shape index (κ1) is 14.0. The molecule has 1 atom stereocenters. The molecule has 0 saturated heterocycles. The van der Waals surface area contributed by atoms with E-state index in [1.54, 1.807) is 6.07 Å². The van der Waals surface area contributed by atoms with Crippen molar-refractivity contribution in [1.82, 2.24) is 0 Å². The van der Waals surface area contributed by atoms with Crippen molar-refractivity contribution in [2.24, 2.45) is 5.41 Å². The number of hydrogen-bond donors (Lipinski definition) is 1. The quantitative estimate of drug-likeness (QED) is 0.854. The summed E-state index contributed by atoms with van der Waals surface area (Å²) < 4.78 is 14.2. The van der Waals surface area contributed by atoms with Crippen LogP contribution in [0.4, 0.5) is 4.39 Å². The molecule has 0 amide bonds. The van der Waals surface area contributed by atoms with Crippen LogP contribution in [0.3, 0.4) is 0 Å². The Hall–Kier alpha value is -0.410. The Bertz CT molecular complexity index is 444. The Balaban J connectivity index is 2.28. The summed E-state index contributed by atoms with van der Waals surface area (Å²) >= 11 is 3.44. The van der Waals surface area contributed by atoms with Gasteiger partial charge in [-0.2, -0.15) is 0 Å². The predicted octanol–water partition coefficient (Wildman–Crippen LogP) is 4.46. The predicted molar refractivity (Wildman–Crippen MR) is 75.0 cm³/mol. The highest BCUT2D eigenvalue weighted by atomic mass is 79.9. The minimum absolute atomic E-state index is 0.114. The molecule has 1 unspecified atom stereocenters. The van der Waals surface area contributed by atoms with Gasteiger partial charge in [0.2, 0.25) is 0 Å². The van der Waals surface area contributed by atoms with Gasteiger partial charge < -0.3 is 5.11 Å². The zero-order valence-corrected chi connectivity index (χ0v) is 12.6. The van der Waals surface area contributed by atoms with E-state index in [9.17, 15) is 9.50 Å². The molecule has 2 rings (SSSR count). The van der Waals surface area contributed by atoms with Crippen LogP contribution in [0.2, 0.25) is 0 Å². The summed E-state index contributed by atoms with van der Waals surface area (Å²) in [7, 11) is 0. The molecule has 1 aliphatic carbocycles. The normalized spacial score (nSPS) is 27.2. The molecule has 1 saturated carbocycles. The Morgan fingerprint density at radius 3 is 2.61 bits per heavy atom. The van der Waals surface area contributed by atoms with E-state index in [1.807, 2.05) is 0 Å². The summed E-state index contributed by atoms with van der Waals surface area (Å²) in [5.74, 6) is -0.245. The van der Waals surface area contributed by atoms with Crippen molar-refractivity contribution in [3.05, 3.63) is 34.1 Å². The molecular weight excluding hydrogens is 295 g/mol. The number of rotatable bonds is 2. The lowest BCUT2D eigenvalue weighted by molar-refractivity contribution is -0.0959. The van der Waals surface area contributed by atoms with Gasteiger partial charge in [-0.15, -0.1) is 0 Å². The standard InChI is InChI=1S/C15H20BrFO/c1-14(2)7-3-4-8-15(14,18)10-11-9-12(17)5-6-13(11)16/h5-6,9,18H,3-4,7-8,10H2,1-2H3. The Labute approximate surface area is 117 Å². The second-order valence-electron chi connectivity index (χ2n) is 6.04. The molecule has 100 valence electrons. The van der Waals surface area contributed by atoms with Crippen molar-refractivity contribution >= 4 is 15.9 Å². The van der Waals surface area contributed by atoms with Gasteiger partial charge in [0.15, 0.2) is 0 Å². The van der Waals surface area contributed by atoms with Crippen LogP contribution in [-0.4, -0.2) is 10.7 Å². The zero-order chi connectivity index (χ0) is 13.4. The van der Waals surface area contributed by atoms with E-state index in [4.69, 9.17) is 0 Å². The Morgan fingerprint density at radius 2 is 1.94 bits per heavy atom. The molecule has 1 aliphatic rings. The molecular formula is C15H20BrFO. The van der Waals surface area contributed by atoms with Crippen LogP contribution in [0.5, 0.6) is 0 Å². The van der Waals surface area contributed by atoms with Crippen LogP contribution in [0.25, 0.3) is 0 Å². The first-order chi connectivity index (χ1) is 8.34. The average molecular weight is 315 g/mol. The van der Waals surface area contributed by atoms with Gasteiger partial charge in [0.1, 0.15) is 5.82 Å². The van der Waals surface area contributed by atoms with Crippen molar-refractivity contribution in [3.8, 4) is 0 Å². The lowest BCUT2D eigenvalue weighted by Crippen LogP contribution is -2.48. The number of aliphatic hydroxyl groups is 1. The highest BCUT2D eigenvalue weighted by molar-refractivity contribution is 9.10. The number of benzene rings is 1. The molecule has 0 radical (unpaired) electrons. The topological polar surface area (TPSA) is 20.2 Å². The highest BCUT2D eigenvalue weighted by Gasteiger charge is 2.45. The van der Waals surface area contributed by atoms with Crippen molar-refractivity contribution in [2.75, 3.05) is 0 Å². The Kier molecular flexibility index (Phi) is 3.84. The summed E-state index contributed by atoms with van der Waals surface area (Å²) in [6, 6.07) is 4.67. The minimum Gasteiger partial charge on any atom is -0.389 e. The molecule has 0 aliphatic heterocycles. The van der Waals surface area contributed by atoms with Gasteiger partial charge >= 0.3 is 0 Å². The lowest BCUT2D eigenvalue weighted by atomic mass is 9.63. The fraction of sp³-hybridized carbons (Fsp3) is 0.600. The van der Waals surface area contributed by atoms with Gasteiger partial charge in [-0.25, -0.2) is 4.39 Å². The fourth-order valence-corrected chi connectivity index (χ4v) is 3.26. The highest BCUT2D eigenvalue weighted by Crippen LogP contribution is 2.46. The third-order valence-corrected chi connectivity index (χ3v) is 5.17. The van der Waals surface area contributed by atoms with Crippen LogP contribution in [-0.2, 0) is 6.42 Å². The molecule has 1 fully saturated rings. The van der Waals surface area contributed by atoms with Crippen LogP contribution in [0.1, 0.15) is 45.1 Å². The molecule has 1 N–H and O–H groups in total. The van der Waals surface area contributed by atoms with Crippen molar-refractivity contribution in [1.29, 1.82) is 0 Å². The minimum atomic E-state index is -0.735. The monoisotopic (exact) mass is 314 g/mol. The van der Waals surface area contributed by atoms with E-state index < -0.39 is 5.60 Å². The van der Waals surface area contributed by atoms with Crippen LogP contribution in [0, 0.1) is 11.2 Å². The SMILES string of the molecule is CC1(C)CCCCC1(O)Cc1cc(F)ccc1Br. The van der Waals surface area contributed by atoms with E-state index in [0.717, 1.165) is 29.3 Å². The van der Waals surface area contributed by atoms with E-state index >= 15 is 0 Å². The first-order valence-electron chi connectivity index (χ1n) is 6.50. The van der Waals surface area contributed by atoms with Gasteiger partial charge in [-0.3, -0.25) is 0 Å². The molecule has 1 aromatic carbocycles. The second-order valence-corrected chi connectivity index (χ2v) is 6.89. The summed E-state index contributed by atoms with van der Waals surface area (Å²) in [5, 5.41) is 10.9. The fourth-order valence-electron chi connectivity index (χ4n) is 2.88. The molecule has 18 heavy (non-hydrogen) atoms. The summed E-state index contributed by atoms with van der Waals surface area (Å²) in [5.41, 5.74) is 0.00550. The van der Waals surface area contributed by atoms with E-state index in [-0.39, 0.29) is 11.2 Å². The number of halogens is 2. The van der Waals surface area contributed by atoms with Crippen molar-refractivity contribution in [2.45, 2.75) is 51.6 Å². The molecule has 0 spiro atoms. The molecule has 1 nitrogen and oxygen atoms in total. The summed E-state index contributed by atoms with van der Waals surface area (Å²) in [6.07, 6.45) is 4.55. The smallest absolute Gasteiger partial charge is 0.123 e.